The number of nitrogens with zero attached hydrogens (tertiary/aromatic N) is 1. The minimum Gasteiger partial charge on any atom is -0.447 e. The minimum absolute atomic E-state index is 0.193. The maximum absolute atomic E-state index is 12.8. The summed E-state index contributed by atoms with van der Waals surface area (Å²) >= 11 is 0. The van der Waals surface area contributed by atoms with E-state index < -0.39 is 6.09 Å². The van der Waals surface area contributed by atoms with E-state index in [4.69, 9.17) is 9.47 Å². The van der Waals surface area contributed by atoms with Gasteiger partial charge in [-0.2, -0.15) is 0 Å². The third kappa shape index (κ3) is 5.17. The van der Waals surface area contributed by atoms with Crippen LogP contribution in [0.1, 0.15) is 24.5 Å². The Morgan fingerprint density at radius 1 is 1.11 bits per heavy atom. The maximum Gasteiger partial charge on any atom is 0.416 e. The molecule has 1 fully saturated rings. The van der Waals surface area contributed by atoms with Gasteiger partial charge in [0.1, 0.15) is 6.61 Å². The van der Waals surface area contributed by atoms with Gasteiger partial charge in [-0.25, -0.2) is 9.69 Å². The van der Waals surface area contributed by atoms with Gasteiger partial charge in [0.25, 0.3) is 0 Å². The van der Waals surface area contributed by atoms with Gasteiger partial charge in [-0.05, 0) is 24.0 Å². The molecule has 5 nitrogen and oxygen atoms in total. The predicted octanol–water partition coefficient (Wildman–Crippen LogP) is 3.82. The Morgan fingerprint density at radius 2 is 1.74 bits per heavy atom. The Bertz CT molecular complexity index is 747. The zero-order valence-electron chi connectivity index (χ0n) is 15.5. The molecular formula is C22H25NO4. The van der Waals surface area contributed by atoms with Crippen LogP contribution in [0.2, 0.25) is 0 Å². The summed E-state index contributed by atoms with van der Waals surface area (Å²) in [6.07, 6.45) is 0.626. The van der Waals surface area contributed by atoms with Crippen LogP contribution in [0.4, 0.5) is 4.79 Å². The zero-order chi connectivity index (χ0) is 19.1. The van der Waals surface area contributed by atoms with E-state index in [0.717, 1.165) is 11.1 Å². The first-order valence-electron chi connectivity index (χ1n) is 9.30. The lowest BCUT2D eigenvalue weighted by Crippen LogP contribution is -2.43. The summed E-state index contributed by atoms with van der Waals surface area (Å²) in [5.41, 5.74) is 2.18. The highest BCUT2D eigenvalue weighted by atomic mass is 16.6. The van der Waals surface area contributed by atoms with E-state index in [9.17, 15) is 9.59 Å². The fraction of sp³-hybridized carbons (Fsp3) is 0.364. The number of carbonyl (C=O) groups is 2. The number of hydrogen-bond acceptors (Lipinski definition) is 4. The molecule has 3 rings (SSSR count). The van der Waals surface area contributed by atoms with Gasteiger partial charge in [-0.15, -0.1) is 0 Å². The topological polar surface area (TPSA) is 55.8 Å². The number of ether oxygens (including phenoxy) is 2. The second-order valence-corrected chi connectivity index (χ2v) is 6.86. The van der Waals surface area contributed by atoms with Crippen LogP contribution in [0, 0.1) is 5.92 Å². The van der Waals surface area contributed by atoms with Crippen molar-refractivity contribution in [2.45, 2.75) is 32.4 Å². The summed E-state index contributed by atoms with van der Waals surface area (Å²) in [4.78, 5) is 26.2. The number of benzene rings is 2. The van der Waals surface area contributed by atoms with Crippen LogP contribution >= 0.6 is 0 Å². The molecule has 2 atom stereocenters. The van der Waals surface area contributed by atoms with Crippen molar-refractivity contribution < 1.29 is 19.1 Å². The van der Waals surface area contributed by atoms with E-state index in [2.05, 4.69) is 0 Å². The molecule has 0 saturated carbocycles. The Morgan fingerprint density at radius 3 is 2.41 bits per heavy atom. The summed E-state index contributed by atoms with van der Waals surface area (Å²) < 4.78 is 10.8. The summed E-state index contributed by atoms with van der Waals surface area (Å²) in [5, 5.41) is 0. The van der Waals surface area contributed by atoms with Crippen molar-refractivity contribution in [2.24, 2.45) is 5.92 Å². The predicted molar refractivity (Wildman–Crippen MR) is 102 cm³/mol. The Balaban J connectivity index is 1.50. The molecular weight excluding hydrogens is 342 g/mol. The van der Waals surface area contributed by atoms with Crippen molar-refractivity contribution in [3.63, 3.8) is 0 Å². The number of rotatable bonds is 8. The lowest BCUT2D eigenvalue weighted by atomic mass is 10.0. The second-order valence-electron chi connectivity index (χ2n) is 6.86. The molecule has 2 amide bonds. The van der Waals surface area contributed by atoms with Gasteiger partial charge in [-0.1, -0.05) is 67.6 Å². The van der Waals surface area contributed by atoms with E-state index in [-0.39, 0.29) is 24.5 Å². The van der Waals surface area contributed by atoms with Crippen LogP contribution in [0.3, 0.4) is 0 Å². The average Bonchev–Trinajstić information content (AvgIpc) is 3.06. The van der Waals surface area contributed by atoms with Crippen LogP contribution in [0.5, 0.6) is 0 Å². The third-order valence-corrected chi connectivity index (χ3v) is 4.74. The van der Waals surface area contributed by atoms with Crippen LogP contribution < -0.4 is 0 Å². The summed E-state index contributed by atoms with van der Waals surface area (Å²) in [5.74, 6) is -0.494. The molecule has 2 aromatic rings. The number of imide groups is 1. The molecule has 2 aromatic carbocycles. The molecule has 27 heavy (non-hydrogen) atoms. The number of hydrogen-bond donors (Lipinski definition) is 0. The fourth-order valence-corrected chi connectivity index (χ4v) is 3.15. The zero-order valence-corrected chi connectivity index (χ0v) is 15.5. The van der Waals surface area contributed by atoms with Crippen molar-refractivity contribution in [1.82, 2.24) is 4.90 Å². The highest BCUT2D eigenvalue weighted by Gasteiger charge is 2.39. The quantitative estimate of drug-likeness (QED) is 0.666. The molecule has 0 aliphatic carbocycles. The molecule has 1 aliphatic rings. The Hall–Kier alpha value is -2.66. The third-order valence-electron chi connectivity index (χ3n) is 4.74. The molecule has 0 bridgehead atoms. The van der Waals surface area contributed by atoms with Crippen molar-refractivity contribution in [3.05, 3.63) is 71.8 Å². The SMILES string of the molecule is CC(CCOCc1ccccc1)C(=O)N1C(=O)OC[C@H]1Cc1ccccc1. The number of carbonyl (C=O) groups excluding carboxylic acids is 2. The van der Waals surface area contributed by atoms with E-state index in [1.807, 2.05) is 67.6 Å². The summed E-state index contributed by atoms with van der Waals surface area (Å²) in [7, 11) is 0. The maximum atomic E-state index is 12.8. The average molecular weight is 367 g/mol. The molecule has 1 aliphatic heterocycles. The molecule has 142 valence electrons. The van der Waals surface area contributed by atoms with Gasteiger partial charge in [0.05, 0.1) is 12.6 Å². The minimum atomic E-state index is -0.544. The van der Waals surface area contributed by atoms with Crippen molar-refractivity contribution in [1.29, 1.82) is 0 Å². The van der Waals surface area contributed by atoms with Crippen molar-refractivity contribution in [2.75, 3.05) is 13.2 Å². The Kier molecular flexibility index (Phi) is 6.60. The molecule has 0 N–H and O–H groups in total. The van der Waals surface area contributed by atoms with E-state index >= 15 is 0 Å². The first-order valence-corrected chi connectivity index (χ1v) is 9.30. The highest BCUT2D eigenvalue weighted by Crippen LogP contribution is 2.21. The van der Waals surface area contributed by atoms with Crippen molar-refractivity contribution in [3.8, 4) is 0 Å². The monoisotopic (exact) mass is 367 g/mol. The standard InChI is InChI=1S/C22H25NO4/c1-17(12-13-26-15-19-10-6-3-7-11-19)21(24)23-20(16-27-22(23)25)14-18-8-4-2-5-9-18/h2-11,17,20H,12-16H2,1H3/t17?,20-/m1/s1. The molecule has 0 radical (unpaired) electrons. The van der Waals surface area contributed by atoms with Crippen LogP contribution in [-0.2, 0) is 27.3 Å². The van der Waals surface area contributed by atoms with Gasteiger partial charge < -0.3 is 9.47 Å². The largest absolute Gasteiger partial charge is 0.447 e. The van der Waals surface area contributed by atoms with E-state index in [1.54, 1.807) is 0 Å². The molecule has 1 heterocycles. The lowest BCUT2D eigenvalue weighted by Gasteiger charge is -2.23. The normalized spacial score (nSPS) is 17.6. The molecule has 1 saturated heterocycles. The smallest absolute Gasteiger partial charge is 0.416 e. The van der Waals surface area contributed by atoms with E-state index in [0.29, 0.717) is 26.1 Å². The first-order chi connectivity index (χ1) is 13.1. The lowest BCUT2D eigenvalue weighted by molar-refractivity contribution is -0.133. The van der Waals surface area contributed by atoms with Crippen LogP contribution in [-0.4, -0.2) is 36.2 Å². The van der Waals surface area contributed by atoms with Gasteiger partial charge >= 0.3 is 6.09 Å². The van der Waals surface area contributed by atoms with Gasteiger partial charge in [0.2, 0.25) is 5.91 Å². The summed E-state index contributed by atoms with van der Waals surface area (Å²) in [6, 6.07) is 19.5. The molecule has 0 aromatic heterocycles. The van der Waals surface area contributed by atoms with Crippen LogP contribution in [0.25, 0.3) is 0 Å². The first kappa shape index (κ1) is 19.1. The van der Waals surface area contributed by atoms with Gasteiger partial charge in [0, 0.05) is 12.5 Å². The number of amides is 2. The van der Waals surface area contributed by atoms with E-state index in [1.165, 1.54) is 4.90 Å². The Labute approximate surface area is 159 Å². The fourth-order valence-electron chi connectivity index (χ4n) is 3.15. The molecule has 0 spiro atoms. The van der Waals surface area contributed by atoms with Gasteiger partial charge in [-0.3, -0.25) is 4.79 Å². The summed E-state index contributed by atoms with van der Waals surface area (Å²) in [6.45, 7) is 3.06. The molecule has 1 unspecified atom stereocenters. The van der Waals surface area contributed by atoms with Gasteiger partial charge in [0.15, 0.2) is 0 Å². The second kappa shape index (κ2) is 9.33. The molecule has 5 heteroatoms. The van der Waals surface area contributed by atoms with Crippen LogP contribution in [0.15, 0.2) is 60.7 Å². The highest BCUT2D eigenvalue weighted by molar-refractivity contribution is 5.94. The number of cyclic esters (lactones) is 1. The van der Waals surface area contributed by atoms with Crippen molar-refractivity contribution >= 4 is 12.0 Å².